The summed E-state index contributed by atoms with van der Waals surface area (Å²) < 4.78 is 0. The van der Waals surface area contributed by atoms with Gasteiger partial charge in [0.05, 0.1) is 0 Å². The standard InChI is InChI=1S/C17H36N2/c1-5-16(6-2)18-12-14-19(13-11-15(3)4)17-9-7-8-10-17/h15-18H,5-14H2,1-4H3. The Kier molecular flexibility index (Phi) is 8.72. The van der Waals surface area contributed by atoms with Crippen molar-refractivity contribution in [1.29, 1.82) is 0 Å². The minimum atomic E-state index is 0.718. The summed E-state index contributed by atoms with van der Waals surface area (Å²) in [4.78, 5) is 2.77. The Morgan fingerprint density at radius 2 is 1.68 bits per heavy atom. The van der Waals surface area contributed by atoms with Crippen molar-refractivity contribution < 1.29 is 0 Å². The lowest BCUT2D eigenvalue weighted by Crippen LogP contribution is -2.41. The van der Waals surface area contributed by atoms with Gasteiger partial charge in [0.2, 0.25) is 0 Å². The molecule has 0 aliphatic heterocycles. The molecule has 0 radical (unpaired) electrons. The summed E-state index contributed by atoms with van der Waals surface area (Å²) in [6.45, 7) is 13.0. The van der Waals surface area contributed by atoms with Crippen molar-refractivity contribution in [2.24, 2.45) is 5.92 Å². The number of hydrogen-bond donors (Lipinski definition) is 1. The molecular weight excluding hydrogens is 232 g/mol. The Labute approximate surface area is 121 Å². The van der Waals surface area contributed by atoms with Gasteiger partial charge in [-0.15, -0.1) is 0 Å². The Hall–Kier alpha value is -0.0800. The first-order chi connectivity index (χ1) is 9.17. The highest BCUT2D eigenvalue weighted by Crippen LogP contribution is 2.23. The molecule has 0 aromatic rings. The van der Waals surface area contributed by atoms with Crippen LogP contribution >= 0.6 is 0 Å². The van der Waals surface area contributed by atoms with Crippen molar-refractivity contribution in [3.8, 4) is 0 Å². The van der Waals surface area contributed by atoms with E-state index in [1.807, 2.05) is 0 Å². The van der Waals surface area contributed by atoms with Gasteiger partial charge < -0.3 is 5.32 Å². The Bertz CT molecular complexity index is 205. The molecule has 2 heteroatoms. The topological polar surface area (TPSA) is 15.3 Å². The van der Waals surface area contributed by atoms with Gasteiger partial charge in [0, 0.05) is 25.2 Å². The van der Waals surface area contributed by atoms with Crippen molar-refractivity contribution in [3.05, 3.63) is 0 Å². The van der Waals surface area contributed by atoms with E-state index in [1.165, 1.54) is 64.6 Å². The highest BCUT2D eigenvalue weighted by atomic mass is 15.2. The maximum atomic E-state index is 3.72. The van der Waals surface area contributed by atoms with Crippen molar-refractivity contribution in [2.75, 3.05) is 19.6 Å². The molecule has 0 bridgehead atoms. The van der Waals surface area contributed by atoms with E-state index >= 15 is 0 Å². The van der Waals surface area contributed by atoms with Crippen molar-refractivity contribution >= 4 is 0 Å². The molecule has 1 aliphatic rings. The zero-order valence-corrected chi connectivity index (χ0v) is 13.8. The maximum absolute atomic E-state index is 3.72. The maximum Gasteiger partial charge on any atom is 0.0110 e. The molecule has 2 nitrogen and oxygen atoms in total. The molecule has 0 saturated heterocycles. The monoisotopic (exact) mass is 268 g/mol. The summed E-state index contributed by atoms with van der Waals surface area (Å²) >= 11 is 0. The van der Waals surface area contributed by atoms with E-state index in [4.69, 9.17) is 0 Å². The van der Waals surface area contributed by atoms with Crippen molar-refractivity contribution in [2.45, 2.75) is 84.7 Å². The van der Waals surface area contributed by atoms with Gasteiger partial charge in [-0.25, -0.2) is 0 Å². The molecule has 1 rings (SSSR count). The smallest absolute Gasteiger partial charge is 0.0110 e. The molecule has 0 aromatic carbocycles. The number of nitrogens with one attached hydrogen (secondary N) is 1. The third kappa shape index (κ3) is 6.76. The fraction of sp³-hybridized carbons (Fsp3) is 1.00. The summed E-state index contributed by atoms with van der Waals surface area (Å²) in [5.74, 6) is 0.830. The lowest BCUT2D eigenvalue weighted by molar-refractivity contribution is 0.186. The normalized spacial score (nSPS) is 17.2. The summed E-state index contributed by atoms with van der Waals surface area (Å²) in [5, 5.41) is 3.72. The van der Waals surface area contributed by atoms with E-state index in [2.05, 4.69) is 37.9 Å². The van der Waals surface area contributed by atoms with Gasteiger partial charge in [0.15, 0.2) is 0 Å². The number of nitrogens with zero attached hydrogens (tertiary/aromatic N) is 1. The molecule has 114 valence electrons. The number of hydrogen-bond acceptors (Lipinski definition) is 2. The van der Waals surface area contributed by atoms with Crippen molar-refractivity contribution in [1.82, 2.24) is 10.2 Å². The fourth-order valence-electron chi connectivity index (χ4n) is 3.16. The van der Waals surface area contributed by atoms with Crippen LogP contribution in [-0.4, -0.2) is 36.6 Å². The predicted molar refractivity (Wildman–Crippen MR) is 85.7 cm³/mol. The lowest BCUT2D eigenvalue weighted by Gasteiger charge is -2.30. The van der Waals surface area contributed by atoms with Crippen LogP contribution in [0.15, 0.2) is 0 Å². The first-order valence-corrected chi connectivity index (χ1v) is 8.64. The number of rotatable bonds is 10. The van der Waals surface area contributed by atoms with Crippen LogP contribution in [0, 0.1) is 5.92 Å². The Balaban J connectivity index is 2.31. The van der Waals surface area contributed by atoms with E-state index in [1.54, 1.807) is 0 Å². The van der Waals surface area contributed by atoms with Crippen LogP contribution in [0.1, 0.15) is 72.6 Å². The molecule has 1 N–H and O–H groups in total. The van der Waals surface area contributed by atoms with Gasteiger partial charge in [-0.2, -0.15) is 0 Å². The third-order valence-electron chi connectivity index (χ3n) is 4.65. The first-order valence-electron chi connectivity index (χ1n) is 8.64. The minimum Gasteiger partial charge on any atom is -0.313 e. The average Bonchev–Trinajstić information content (AvgIpc) is 2.91. The minimum absolute atomic E-state index is 0.718. The van der Waals surface area contributed by atoms with E-state index in [0.717, 1.165) is 18.0 Å². The zero-order chi connectivity index (χ0) is 14.1. The van der Waals surface area contributed by atoms with Crippen LogP contribution < -0.4 is 5.32 Å². The molecular formula is C17H36N2. The second-order valence-corrected chi connectivity index (χ2v) is 6.62. The second-order valence-electron chi connectivity index (χ2n) is 6.62. The highest BCUT2D eigenvalue weighted by molar-refractivity contribution is 4.78. The first kappa shape index (κ1) is 17.0. The molecule has 1 saturated carbocycles. The SMILES string of the molecule is CCC(CC)NCCN(CCC(C)C)C1CCCC1. The van der Waals surface area contributed by atoms with Crippen molar-refractivity contribution in [3.63, 3.8) is 0 Å². The van der Waals surface area contributed by atoms with Crippen LogP contribution in [-0.2, 0) is 0 Å². The van der Waals surface area contributed by atoms with E-state index in [0.29, 0.717) is 0 Å². The largest absolute Gasteiger partial charge is 0.313 e. The molecule has 0 aromatic heterocycles. The molecule has 19 heavy (non-hydrogen) atoms. The van der Waals surface area contributed by atoms with Gasteiger partial charge in [-0.1, -0.05) is 40.5 Å². The van der Waals surface area contributed by atoms with Gasteiger partial charge in [-0.05, 0) is 44.6 Å². The van der Waals surface area contributed by atoms with Crippen LogP contribution in [0.5, 0.6) is 0 Å². The van der Waals surface area contributed by atoms with E-state index < -0.39 is 0 Å². The fourth-order valence-corrected chi connectivity index (χ4v) is 3.16. The molecule has 0 unspecified atom stereocenters. The van der Waals surface area contributed by atoms with Gasteiger partial charge in [0.25, 0.3) is 0 Å². The van der Waals surface area contributed by atoms with E-state index in [9.17, 15) is 0 Å². The molecule has 0 amide bonds. The Morgan fingerprint density at radius 3 is 2.21 bits per heavy atom. The molecule has 1 aliphatic carbocycles. The zero-order valence-electron chi connectivity index (χ0n) is 13.8. The van der Waals surface area contributed by atoms with E-state index in [-0.39, 0.29) is 0 Å². The highest BCUT2D eigenvalue weighted by Gasteiger charge is 2.22. The lowest BCUT2D eigenvalue weighted by atomic mass is 10.1. The van der Waals surface area contributed by atoms with Gasteiger partial charge in [0.1, 0.15) is 0 Å². The van der Waals surface area contributed by atoms with Crippen LogP contribution in [0.2, 0.25) is 0 Å². The van der Waals surface area contributed by atoms with Crippen LogP contribution in [0.3, 0.4) is 0 Å². The predicted octanol–water partition coefficient (Wildman–Crippen LogP) is 4.06. The average molecular weight is 268 g/mol. The second kappa shape index (κ2) is 9.77. The quantitative estimate of drug-likeness (QED) is 0.643. The summed E-state index contributed by atoms with van der Waals surface area (Å²) in [6.07, 6.45) is 9.62. The van der Waals surface area contributed by atoms with Gasteiger partial charge in [-0.3, -0.25) is 4.90 Å². The molecule has 0 atom stereocenters. The Morgan fingerprint density at radius 1 is 1.05 bits per heavy atom. The molecule has 0 spiro atoms. The van der Waals surface area contributed by atoms with Crippen LogP contribution in [0.25, 0.3) is 0 Å². The molecule has 0 heterocycles. The van der Waals surface area contributed by atoms with Gasteiger partial charge >= 0.3 is 0 Å². The summed E-state index contributed by atoms with van der Waals surface area (Å²) in [7, 11) is 0. The van der Waals surface area contributed by atoms with Crippen LogP contribution in [0.4, 0.5) is 0 Å². The molecule has 1 fully saturated rings. The summed E-state index contributed by atoms with van der Waals surface area (Å²) in [6, 6.07) is 1.60. The summed E-state index contributed by atoms with van der Waals surface area (Å²) in [5.41, 5.74) is 0. The third-order valence-corrected chi connectivity index (χ3v) is 4.65.